The van der Waals surface area contributed by atoms with Gasteiger partial charge in [0.2, 0.25) is 0 Å². The van der Waals surface area contributed by atoms with E-state index < -0.39 is 0 Å². The molecule has 2 heterocycles. The van der Waals surface area contributed by atoms with E-state index in [-0.39, 0.29) is 0 Å². The van der Waals surface area contributed by atoms with Gasteiger partial charge in [-0.15, -0.1) is 0 Å². The first-order chi connectivity index (χ1) is 12.7. The summed E-state index contributed by atoms with van der Waals surface area (Å²) >= 11 is 6.03. The summed E-state index contributed by atoms with van der Waals surface area (Å²) < 4.78 is 1.83. The average Bonchev–Trinajstić information content (AvgIpc) is 2.67. The van der Waals surface area contributed by atoms with Crippen LogP contribution < -0.4 is 4.48 Å². The Morgan fingerprint density at radius 3 is 2.50 bits per heavy atom. The van der Waals surface area contributed by atoms with Crippen LogP contribution in [0.3, 0.4) is 0 Å². The van der Waals surface area contributed by atoms with E-state index in [0.717, 1.165) is 36.7 Å². The van der Waals surface area contributed by atoms with Gasteiger partial charge in [-0.05, 0) is 0 Å². The van der Waals surface area contributed by atoms with Gasteiger partial charge >= 0.3 is 168 Å². The maximum atomic E-state index is 9.00. The van der Waals surface area contributed by atoms with Crippen molar-refractivity contribution in [3.63, 3.8) is 0 Å². The molecule has 0 amide bonds. The first-order valence-corrected chi connectivity index (χ1v) is 9.50. The van der Waals surface area contributed by atoms with E-state index in [1.807, 2.05) is 30.3 Å². The number of hydrogen-bond acceptors (Lipinski definition) is 4. The van der Waals surface area contributed by atoms with Gasteiger partial charge in [-0.3, -0.25) is 0 Å². The Morgan fingerprint density at radius 1 is 0.962 bits per heavy atom. The first-order valence-electron chi connectivity index (χ1n) is 7.77. The number of aromatic nitrogens is 3. The molecule has 26 heavy (non-hydrogen) atoms. The number of halogens is 1. The van der Waals surface area contributed by atoms with Crippen molar-refractivity contribution in [1.82, 2.24) is 15.0 Å². The minimum atomic E-state index is 0.622. The molecule has 4 nitrogen and oxygen atoms in total. The number of nitriles is 1. The third-order valence-corrected chi connectivity index (χ3v) is 5.23. The van der Waals surface area contributed by atoms with E-state index in [1.165, 1.54) is 6.33 Å². The molecule has 0 saturated carbocycles. The summed E-state index contributed by atoms with van der Waals surface area (Å²) in [6.45, 7) is 0. The van der Waals surface area contributed by atoms with Crippen LogP contribution in [-0.4, -0.2) is 31.8 Å². The summed E-state index contributed by atoms with van der Waals surface area (Å²) in [5, 5.41) is 9.92. The minimum absolute atomic E-state index is 0.622. The Hall–Kier alpha value is -2.54. The van der Waals surface area contributed by atoms with Crippen molar-refractivity contribution in [2.24, 2.45) is 0 Å². The van der Waals surface area contributed by atoms with Gasteiger partial charge in [0.05, 0.1) is 0 Å². The van der Waals surface area contributed by atoms with Gasteiger partial charge in [0.15, 0.2) is 0 Å². The molecule has 4 rings (SSSR count). The van der Waals surface area contributed by atoms with Crippen molar-refractivity contribution in [2.45, 2.75) is 0 Å². The maximum absolute atomic E-state index is 9.00. The van der Waals surface area contributed by atoms with Crippen molar-refractivity contribution >= 4 is 48.3 Å². The predicted octanol–water partition coefficient (Wildman–Crippen LogP) is 3.79. The van der Waals surface area contributed by atoms with E-state index in [1.54, 1.807) is 12.1 Å². The zero-order chi connectivity index (χ0) is 18.1. The number of pyridine rings is 1. The average molecular weight is 461 g/mol. The van der Waals surface area contributed by atoms with Crippen LogP contribution in [0.4, 0.5) is 0 Å². The predicted molar refractivity (Wildman–Crippen MR) is 106 cm³/mol. The van der Waals surface area contributed by atoms with Crippen LogP contribution in [-0.2, 0) is 0 Å². The van der Waals surface area contributed by atoms with Gasteiger partial charge in [0.1, 0.15) is 0 Å². The molecule has 2 aromatic carbocycles. The van der Waals surface area contributed by atoms with Crippen LogP contribution in [0.1, 0.15) is 5.56 Å². The Balaban J connectivity index is 2.00. The molecule has 0 fully saturated rings. The molecule has 0 aliphatic rings. The SMILES string of the molecule is N#Cc1ccc(-c2cc(-c3cccc(Br)c3)c3c([As])ncnc3n2)cc1. The number of hydrogen-bond donors (Lipinski definition) is 0. The van der Waals surface area contributed by atoms with Crippen LogP contribution >= 0.6 is 15.9 Å². The molecule has 0 spiro atoms. The standard InChI is InChI=1S/C20H10AsBrN4/c21-19-18-16(14-2-1-3-15(22)8-14)9-17(26-20(18)25-11-24-19)13-6-4-12(10-23)5-7-13/h1-9,11H. The number of benzene rings is 2. The Labute approximate surface area is 167 Å². The molecule has 2 radical (unpaired) electrons. The third kappa shape index (κ3) is 3.14. The first kappa shape index (κ1) is 16.9. The van der Waals surface area contributed by atoms with Crippen LogP contribution in [0.25, 0.3) is 33.4 Å². The van der Waals surface area contributed by atoms with E-state index in [4.69, 9.17) is 10.2 Å². The van der Waals surface area contributed by atoms with Crippen molar-refractivity contribution in [1.29, 1.82) is 5.26 Å². The Morgan fingerprint density at radius 2 is 1.77 bits per heavy atom. The van der Waals surface area contributed by atoms with Crippen LogP contribution in [0.2, 0.25) is 0 Å². The molecule has 122 valence electrons. The molecule has 6 heteroatoms. The molecule has 0 aliphatic carbocycles. The quantitative estimate of drug-likeness (QED) is 0.427. The van der Waals surface area contributed by atoms with Crippen molar-refractivity contribution < 1.29 is 0 Å². The summed E-state index contributed by atoms with van der Waals surface area (Å²) in [4.78, 5) is 13.4. The normalized spacial score (nSPS) is 10.7. The summed E-state index contributed by atoms with van der Waals surface area (Å²) in [7, 11) is 0. The van der Waals surface area contributed by atoms with Gasteiger partial charge in [0.25, 0.3) is 0 Å². The van der Waals surface area contributed by atoms with Crippen molar-refractivity contribution in [3.05, 3.63) is 71.0 Å². The van der Waals surface area contributed by atoms with Crippen molar-refractivity contribution in [2.75, 3.05) is 0 Å². The molecule has 0 atom stereocenters. The zero-order valence-corrected chi connectivity index (χ0v) is 16.9. The van der Waals surface area contributed by atoms with Gasteiger partial charge in [-0.1, -0.05) is 0 Å². The topological polar surface area (TPSA) is 62.5 Å². The zero-order valence-electron chi connectivity index (χ0n) is 13.4. The third-order valence-electron chi connectivity index (χ3n) is 4.03. The molecule has 4 aromatic rings. The fourth-order valence-electron chi connectivity index (χ4n) is 2.80. The Kier molecular flexibility index (Phi) is 4.55. The van der Waals surface area contributed by atoms with E-state index in [9.17, 15) is 0 Å². The summed E-state index contributed by atoms with van der Waals surface area (Å²) in [6.07, 6.45) is 1.52. The summed E-state index contributed by atoms with van der Waals surface area (Å²) in [5.41, 5.74) is 5.09. The molecular formula is C20H10AsBrN4. The number of fused-ring (bicyclic) bond motifs is 1. The fourth-order valence-corrected chi connectivity index (χ4v) is 3.77. The molecule has 0 bridgehead atoms. The van der Waals surface area contributed by atoms with Crippen LogP contribution in [0.15, 0.2) is 65.4 Å². The molecule has 0 saturated heterocycles. The van der Waals surface area contributed by atoms with Gasteiger partial charge < -0.3 is 0 Å². The second-order valence-electron chi connectivity index (χ2n) is 5.65. The molecule has 0 N–H and O–H groups in total. The summed E-state index contributed by atoms with van der Waals surface area (Å²) in [6, 6.07) is 19.7. The molecule has 0 unspecified atom stereocenters. The van der Waals surface area contributed by atoms with E-state index >= 15 is 0 Å². The van der Waals surface area contributed by atoms with E-state index in [0.29, 0.717) is 11.2 Å². The van der Waals surface area contributed by atoms with E-state index in [2.05, 4.69) is 61.0 Å². The van der Waals surface area contributed by atoms with Gasteiger partial charge in [-0.25, -0.2) is 0 Å². The molecular weight excluding hydrogens is 451 g/mol. The van der Waals surface area contributed by atoms with Crippen LogP contribution in [0, 0.1) is 11.3 Å². The second kappa shape index (κ2) is 6.99. The number of nitrogens with zero attached hydrogens (tertiary/aromatic N) is 4. The van der Waals surface area contributed by atoms with Crippen molar-refractivity contribution in [3.8, 4) is 28.5 Å². The monoisotopic (exact) mass is 460 g/mol. The Bertz CT molecular complexity index is 1170. The summed E-state index contributed by atoms with van der Waals surface area (Å²) in [5.74, 6) is 0. The van der Waals surface area contributed by atoms with Gasteiger partial charge in [0, 0.05) is 0 Å². The molecule has 2 aromatic heterocycles. The van der Waals surface area contributed by atoms with Crippen LogP contribution in [0.5, 0.6) is 0 Å². The fraction of sp³-hybridized carbons (Fsp3) is 0. The number of rotatable bonds is 2. The second-order valence-corrected chi connectivity index (χ2v) is 7.45. The van der Waals surface area contributed by atoms with Gasteiger partial charge in [-0.2, -0.15) is 0 Å². The molecule has 0 aliphatic heterocycles.